The molecule has 1 N–H and O–H groups in total. The lowest BCUT2D eigenvalue weighted by Crippen LogP contribution is -2.19. The van der Waals surface area contributed by atoms with Gasteiger partial charge in [0.2, 0.25) is 0 Å². The van der Waals surface area contributed by atoms with Crippen molar-refractivity contribution in [2.24, 2.45) is 4.99 Å². The lowest BCUT2D eigenvalue weighted by Gasteiger charge is -2.10. The van der Waals surface area contributed by atoms with Crippen LogP contribution in [0.15, 0.2) is 46.3 Å². The number of hydrogen-bond donors (Lipinski definition) is 1. The van der Waals surface area contributed by atoms with Crippen molar-refractivity contribution < 1.29 is 14.3 Å². The van der Waals surface area contributed by atoms with Crippen LogP contribution in [-0.2, 0) is 4.79 Å². The number of thioether (sulfide) groups is 1. The number of nitrogens with zero attached hydrogens (tertiary/aromatic N) is 1. The summed E-state index contributed by atoms with van der Waals surface area (Å²) in [7, 11) is 3.16. The number of nitrogens with one attached hydrogen (secondary N) is 1. The molecule has 2 aromatic rings. The summed E-state index contributed by atoms with van der Waals surface area (Å²) in [6.07, 6.45) is 1.78. The normalized spacial score (nSPS) is 16.8. The molecule has 0 radical (unpaired) electrons. The average Bonchev–Trinajstić information content (AvgIpc) is 2.96. The summed E-state index contributed by atoms with van der Waals surface area (Å²) < 4.78 is 10.7. The number of para-hydroxylation sites is 1. The van der Waals surface area contributed by atoms with E-state index in [1.807, 2.05) is 44.2 Å². The summed E-state index contributed by atoms with van der Waals surface area (Å²) in [6, 6.07) is 11.6. The molecule has 0 aliphatic carbocycles. The van der Waals surface area contributed by atoms with Gasteiger partial charge >= 0.3 is 0 Å². The lowest BCUT2D eigenvalue weighted by atomic mass is 10.1. The number of amidine groups is 1. The number of benzene rings is 2. The van der Waals surface area contributed by atoms with Crippen LogP contribution in [0, 0.1) is 13.8 Å². The van der Waals surface area contributed by atoms with E-state index in [2.05, 4.69) is 16.4 Å². The fourth-order valence-corrected chi connectivity index (χ4v) is 3.51. The largest absolute Gasteiger partial charge is 0.493 e. The van der Waals surface area contributed by atoms with Gasteiger partial charge in [-0.2, -0.15) is 0 Å². The van der Waals surface area contributed by atoms with E-state index in [9.17, 15) is 4.79 Å². The number of methoxy groups -OCH3 is 2. The minimum absolute atomic E-state index is 0.177. The molecule has 1 amide bonds. The molecule has 2 aromatic carbocycles. The predicted molar refractivity (Wildman–Crippen MR) is 106 cm³/mol. The molecule has 1 fully saturated rings. The maximum Gasteiger partial charge on any atom is 0.264 e. The Kier molecular flexibility index (Phi) is 5.32. The Hall–Kier alpha value is -2.73. The molecule has 0 spiro atoms. The molecule has 0 saturated carbocycles. The van der Waals surface area contributed by atoms with Crippen LogP contribution in [0.5, 0.6) is 11.5 Å². The van der Waals surface area contributed by atoms with E-state index in [1.54, 1.807) is 20.3 Å². The van der Waals surface area contributed by atoms with Gasteiger partial charge in [0, 0.05) is 5.56 Å². The molecular formula is C20H20N2O3S. The van der Waals surface area contributed by atoms with Gasteiger partial charge in [-0.1, -0.05) is 29.8 Å². The zero-order chi connectivity index (χ0) is 18.7. The second kappa shape index (κ2) is 7.66. The first-order valence-electron chi connectivity index (χ1n) is 8.09. The van der Waals surface area contributed by atoms with Crippen LogP contribution in [0.4, 0.5) is 5.69 Å². The van der Waals surface area contributed by atoms with Gasteiger partial charge < -0.3 is 14.8 Å². The van der Waals surface area contributed by atoms with E-state index < -0.39 is 0 Å². The minimum Gasteiger partial charge on any atom is -0.493 e. The van der Waals surface area contributed by atoms with Crippen molar-refractivity contribution in [3.8, 4) is 11.5 Å². The van der Waals surface area contributed by atoms with E-state index >= 15 is 0 Å². The van der Waals surface area contributed by atoms with E-state index in [1.165, 1.54) is 17.3 Å². The Bertz CT molecular complexity index is 919. The number of amides is 1. The quantitative estimate of drug-likeness (QED) is 0.821. The number of hydrogen-bond acceptors (Lipinski definition) is 5. The van der Waals surface area contributed by atoms with Gasteiger partial charge in [0.05, 0.1) is 24.8 Å². The van der Waals surface area contributed by atoms with Gasteiger partial charge in [-0.15, -0.1) is 0 Å². The van der Waals surface area contributed by atoms with Crippen molar-refractivity contribution in [1.29, 1.82) is 0 Å². The fourth-order valence-electron chi connectivity index (χ4n) is 2.69. The molecule has 1 aliphatic heterocycles. The maximum atomic E-state index is 12.3. The SMILES string of the molecule is COc1cccc(C=C2SC(=Nc3ccc(C)cc3C)NC2=O)c1OC. The lowest BCUT2D eigenvalue weighted by molar-refractivity contribution is -0.115. The number of carbonyl (C=O) groups is 1. The van der Waals surface area contributed by atoms with Crippen molar-refractivity contribution in [1.82, 2.24) is 5.32 Å². The molecule has 1 heterocycles. The summed E-state index contributed by atoms with van der Waals surface area (Å²) >= 11 is 1.31. The molecule has 134 valence electrons. The molecule has 1 aliphatic rings. The topological polar surface area (TPSA) is 59.9 Å². The molecular weight excluding hydrogens is 348 g/mol. The van der Waals surface area contributed by atoms with Gasteiger partial charge in [-0.25, -0.2) is 4.99 Å². The number of aryl methyl sites for hydroxylation is 2. The van der Waals surface area contributed by atoms with Gasteiger partial charge in [0.25, 0.3) is 5.91 Å². The Morgan fingerprint density at radius 3 is 2.62 bits per heavy atom. The molecule has 0 atom stereocenters. The minimum atomic E-state index is -0.177. The third-order valence-corrected chi connectivity index (χ3v) is 4.86. The van der Waals surface area contributed by atoms with Crippen LogP contribution < -0.4 is 14.8 Å². The summed E-state index contributed by atoms with van der Waals surface area (Å²) in [6.45, 7) is 4.05. The number of aliphatic imine (C=N–C) groups is 1. The second-order valence-corrected chi connectivity index (χ2v) is 6.89. The molecule has 0 bridgehead atoms. The molecule has 3 rings (SSSR count). The Morgan fingerprint density at radius 2 is 1.92 bits per heavy atom. The van der Waals surface area contributed by atoms with E-state index in [-0.39, 0.29) is 5.91 Å². The second-order valence-electron chi connectivity index (χ2n) is 5.85. The van der Waals surface area contributed by atoms with Crippen LogP contribution in [0.25, 0.3) is 6.08 Å². The highest BCUT2D eigenvalue weighted by Crippen LogP contribution is 2.35. The summed E-state index contributed by atoms with van der Waals surface area (Å²) in [5.74, 6) is 1.04. The van der Waals surface area contributed by atoms with Gasteiger partial charge in [0.15, 0.2) is 16.7 Å². The van der Waals surface area contributed by atoms with Crippen LogP contribution in [0.3, 0.4) is 0 Å². The summed E-state index contributed by atoms with van der Waals surface area (Å²) in [5.41, 5.74) is 3.87. The standard InChI is InChI=1S/C20H20N2O3S/c1-12-8-9-15(13(2)10-12)21-20-22-19(23)17(26-20)11-14-6-5-7-16(24-3)18(14)25-4/h5-11H,1-4H3,(H,21,22,23). The molecule has 0 aromatic heterocycles. The first-order chi connectivity index (χ1) is 12.5. The Morgan fingerprint density at radius 1 is 1.12 bits per heavy atom. The first kappa shape index (κ1) is 18.1. The molecule has 26 heavy (non-hydrogen) atoms. The Labute approximate surface area is 157 Å². The smallest absolute Gasteiger partial charge is 0.264 e. The van der Waals surface area contributed by atoms with E-state index in [4.69, 9.17) is 9.47 Å². The predicted octanol–water partition coefficient (Wildman–Crippen LogP) is 4.21. The number of rotatable bonds is 4. The fraction of sp³-hybridized carbons (Fsp3) is 0.200. The highest BCUT2D eigenvalue weighted by Gasteiger charge is 2.24. The van der Waals surface area contributed by atoms with E-state index in [0.717, 1.165) is 16.8 Å². The average molecular weight is 368 g/mol. The molecule has 5 nitrogen and oxygen atoms in total. The van der Waals surface area contributed by atoms with Gasteiger partial charge in [0.1, 0.15) is 0 Å². The van der Waals surface area contributed by atoms with Crippen LogP contribution >= 0.6 is 11.8 Å². The van der Waals surface area contributed by atoms with Gasteiger partial charge in [-0.05, 0) is 49.4 Å². The van der Waals surface area contributed by atoms with Crippen molar-refractivity contribution >= 4 is 34.6 Å². The van der Waals surface area contributed by atoms with Gasteiger partial charge in [-0.3, -0.25) is 4.79 Å². The maximum absolute atomic E-state index is 12.3. The first-order valence-corrected chi connectivity index (χ1v) is 8.91. The van der Waals surface area contributed by atoms with Crippen LogP contribution in [-0.4, -0.2) is 25.3 Å². The van der Waals surface area contributed by atoms with Crippen LogP contribution in [0.2, 0.25) is 0 Å². The molecule has 1 saturated heterocycles. The highest BCUT2D eigenvalue weighted by molar-refractivity contribution is 8.18. The van der Waals surface area contributed by atoms with E-state index in [0.29, 0.717) is 21.6 Å². The number of carbonyl (C=O) groups excluding carboxylic acids is 1. The molecule has 0 unspecified atom stereocenters. The zero-order valence-corrected chi connectivity index (χ0v) is 15.9. The zero-order valence-electron chi connectivity index (χ0n) is 15.1. The van der Waals surface area contributed by atoms with Crippen molar-refractivity contribution in [3.05, 3.63) is 58.0 Å². The Balaban J connectivity index is 1.91. The van der Waals surface area contributed by atoms with Crippen molar-refractivity contribution in [3.63, 3.8) is 0 Å². The molecule has 6 heteroatoms. The van der Waals surface area contributed by atoms with Crippen molar-refractivity contribution in [2.75, 3.05) is 14.2 Å². The summed E-state index contributed by atoms with van der Waals surface area (Å²) in [5, 5.41) is 3.38. The summed E-state index contributed by atoms with van der Waals surface area (Å²) in [4.78, 5) is 17.4. The third kappa shape index (κ3) is 3.75. The third-order valence-electron chi connectivity index (χ3n) is 3.95. The monoisotopic (exact) mass is 368 g/mol. The highest BCUT2D eigenvalue weighted by atomic mass is 32.2. The number of ether oxygens (including phenoxy) is 2. The van der Waals surface area contributed by atoms with Crippen LogP contribution in [0.1, 0.15) is 16.7 Å². The van der Waals surface area contributed by atoms with Crippen molar-refractivity contribution in [2.45, 2.75) is 13.8 Å².